The van der Waals surface area contributed by atoms with Gasteiger partial charge in [-0.05, 0) is 73.5 Å². The number of carbonyl (C=O) groups is 1. The fourth-order valence-electron chi connectivity index (χ4n) is 4.62. The molecule has 1 fully saturated rings. The van der Waals surface area contributed by atoms with Crippen molar-refractivity contribution in [3.8, 4) is 5.75 Å². The Morgan fingerprint density at radius 3 is 2.17 bits per heavy atom. The van der Waals surface area contributed by atoms with E-state index in [9.17, 15) is 44.3 Å². The lowest BCUT2D eigenvalue weighted by atomic mass is 10.0. The molecule has 0 N–H and O–H groups in total. The van der Waals surface area contributed by atoms with Crippen LogP contribution in [0.4, 0.5) is 45.2 Å². The topological polar surface area (TPSA) is 45.7 Å². The Labute approximate surface area is 228 Å². The van der Waals surface area contributed by atoms with E-state index in [1.54, 1.807) is 11.9 Å². The van der Waals surface area contributed by atoms with Crippen molar-refractivity contribution in [1.82, 2.24) is 9.88 Å². The molecule has 2 atom stereocenters. The third-order valence-corrected chi connectivity index (χ3v) is 6.63. The minimum Gasteiger partial charge on any atom is -0.406 e. The summed E-state index contributed by atoms with van der Waals surface area (Å²) in [6.45, 7) is 0.203. The molecule has 0 aliphatic carbocycles. The molecule has 5 nitrogen and oxygen atoms in total. The Kier molecular flexibility index (Phi) is 8.25. The van der Waals surface area contributed by atoms with Gasteiger partial charge in [-0.2, -0.15) is 26.3 Å². The lowest BCUT2D eigenvalue weighted by Gasteiger charge is -2.26. The number of halogens is 9. The van der Waals surface area contributed by atoms with Crippen LogP contribution in [0.2, 0.25) is 0 Å². The van der Waals surface area contributed by atoms with E-state index in [0.717, 1.165) is 48.7 Å². The molecule has 1 saturated heterocycles. The van der Waals surface area contributed by atoms with Crippen molar-refractivity contribution in [3.05, 3.63) is 89.2 Å². The number of pyridine rings is 1. The van der Waals surface area contributed by atoms with Crippen LogP contribution in [0.1, 0.15) is 34.8 Å². The number of alkyl halides is 9. The molecule has 4 rings (SSSR count). The van der Waals surface area contributed by atoms with Gasteiger partial charge in [0.15, 0.2) is 0 Å². The number of amides is 1. The summed E-state index contributed by atoms with van der Waals surface area (Å²) in [5.74, 6) is -1.04. The molecule has 1 aliphatic rings. The van der Waals surface area contributed by atoms with Gasteiger partial charge in [-0.15, -0.1) is 13.2 Å². The summed E-state index contributed by atoms with van der Waals surface area (Å²) in [6, 6.07) is 9.23. The third kappa shape index (κ3) is 7.29. The van der Waals surface area contributed by atoms with Crippen LogP contribution < -0.4 is 9.64 Å². The van der Waals surface area contributed by atoms with Gasteiger partial charge in [0.2, 0.25) is 5.91 Å². The van der Waals surface area contributed by atoms with E-state index in [-0.39, 0.29) is 30.6 Å². The van der Waals surface area contributed by atoms with Crippen LogP contribution in [0, 0.1) is 0 Å². The Hall–Kier alpha value is -3.81. The van der Waals surface area contributed by atoms with Gasteiger partial charge in [-0.3, -0.25) is 14.7 Å². The highest BCUT2D eigenvalue weighted by molar-refractivity contribution is 6.00. The van der Waals surface area contributed by atoms with Crippen molar-refractivity contribution in [2.75, 3.05) is 18.5 Å². The van der Waals surface area contributed by atoms with Crippen LogP contribution in [-0.2, 0) is 23.6 Å². The van der Waals surface area contributed by atoms with Crippen LogP contribution in [0.15, 0.2) is 66.9 Å². The average Bonchev–Trinajstić information content (AvgIpc) is 3.23. The maximum atomic E-state index is 13.6. The molecule has 0 radical (unpaired) electrons. The van der Waals surface area contributed by atoms with Crippen molar-refractivity contribution in [2.45, 2.75) is 43.6 Å². The Morgan fingerprint density at radius 1 is 0.927 bits per heavy atom. The summed E-state index contributed by atoms with van der Waals surface area (Å²) in [6.07, 6.45) is -12.8. The summed E-state index contributed by atoms with van der Waals surface area (Å²) < 4.78 is 120. The zero-order valence-corrected chi connectivity index (χ0v) is 21.2. The van der Waals surface area contributed by atoms with Crippen molar-refractivity contribution in [1.29, 1.82) is 0 Å². The zero-order chi connectivity index (χ0) is 30.2. The minimum absolute atomic E-state index is 0.0666. The fourth-order valence-corrected chi connectivity index (χ4v) is 4.62. The number of rotatable bonds is 7. The first-order valence-corrected chi connectivity index (χ1v) is 12.1. The fraction of sp³-hybridized carbons (Fsp3) is 0.333. The Bertz CT molecular complexity index is 1350. The number of benzene rings is 2. The van der Waals surface area contributed by atoms with E-state index in [1.165, 1.54) is 23.1 Å². The maximum absolute atomic E-state index is 13.6. The van der Waals surface area contributed by atoms with E-state index in [1.807, 2.05) is 0 Å². The molecule has 0 saturated carbocycles. The lowest BCUT2D eigenvalue weighted by molar-refractivity contribution is -0.274. The molecular formula is C27H22F9N3O2. The summed E-state index contributed by atoms with van der Waals surface area (Å²) in [5.41, 5.74) is -1.14. The molecule has 220 valence electrons. The van der Waals surface area contributed by atoms with E-state index in [2.05, 4.69) is 9.72 Å². The summed E-state index contributed by atoms with van der Waals surface area (Å²) in [4.78, 5) is 19.9. The van der Waals surface area contributed by atoms with Crippen molar-refractivity contribution < 1.29 is 49.0 Å². The number of hydrogen-bond acceptors (Lipinski definition) is 4. The second-order valence-electron chi connectivity index (χ2n) is 9.42. The number of ether oxygens (including phenoxy) is 1. The number of carbonyl (C=O) groups excluding carboxylic acids is 1. The molecule has 3 aromatic rings. The van der Waals surface area contributed by atoms with Crippen LogP contribution in [0.25, 0.3) is 0 Å². The maximum Gasteiger partial charge on any atom is 0.573 e. The van der Waals surface area contributed by atoms with E-state index in [4.69, 9.17) is 0 Å². The van der Waals surface area contributed by atoms with Gasteiger partial charge in [0.05, 0.1) is 17.6 Å². The largest absolute Gasteiger partial charge is 0.573 e. The van der Waals surface area contributed by atoms with Gasteiger partial charge in [0.1, 0.15) is 11.4 Å². The van der Waals surface area contributed by atoms with Crippen LogP contribution >= 0.6 is 0 Å². The molecule has 2 aromatic carbocycles. The first-order valence-electron chi connectivity index (χ1n) is 12.1. The molecule has 41 heavy (non-hydrogen) atoms. The molecule has 0 bridgehead atoms. The highest BCUT2D eigenvalue weighted by Crippen LogP contribution is 2.41. The van der Waals surface area contributed by atoms with Crippen molar-refractivity contribution in [3.63, 3.8) is 0 Å². The number of hydrogen-bond donors (Lipinski definition) is 0. The average molecular weight is 591 g/mol. The predicted octanol–water partition coefficient (Wildman–Crippen LogP) is 7.04. The molecular weight excluding hydrogens is 569 g/mol. The molecule has 0 unspecified atom stereocenters. The number of aromatic nitrogens is 1. The quantitative estimate of drug-likeness (QED) is 0.277. The highest BCUT2D eigenvalue weighted by Gasteiger charge is 2.43. The van der Waals surface area contributed by atoms with Gasteiger partial charge in [0, 0.05) is 18.4 Å². The molecule has 14 heteroatoms. The van der Waals surface area contributed by atoms with Crippen molar-refractivity contribution in [2.24, 2.45) is 0 Å². The number of anilines is 1. The number of nitrogens with zero attached hydrogens (tertiary/aromatic N) is 3. The predicted molar refractivity (Wildman–Crippen MR) is 129 cm³/mol. The van der Waals surface area contributed by atoms with Crippen LogP contribution in [0.3, 0.4) is 0 Å². The zero-order valence-electron chi connectivity index (χ0n) is 21.2. The molecule has 1 aromatic heterocycles. The third-order valence-electron chi connectivity index (χ3n) is 6.63. The van der Waals surface area contributed by atoms with Gasteiger partial charge in [-0.25, -0.2) is 0 Å². The van der Waals surface area contributed by atoms with E-state index >= 15 is 0 Å². The highest BCUT2D eigenvalue weighted by atomic mass is 19.4. The second-order valence-corrected chi connectivity index (χ2v) is 9.42. The van der Waals surface area contributed by atoms with Gasteiger partial charge >= 0.3 is 18.7 Å². The van der Waals surface area contributed by atoms with E-state index < -0.39 is 53.7 Å². The Balaban J connectivity index is 1.60. The lowest BCUT2D eigenvalue weighted by Crippen LogP contribution is -2.40. The van der Waals surface area contributed by atoms with Crippen molar-refractivity contribution >= 4 is 11.6 Å². The first kappa shape index (κ1) is 30.2. The smallest absolute Gasteiger partial charge is 0.406 e. The van der Waals surface area contributed by atoms with E-state index in [0.29, 0.717) is 5.56 Å². The van der Waals surface area contributed by atoms with Gasteiger partial charge < -0.3 is 9.64 Å². The normalized spacial score (nSPS) is 18.3. The van der Waals surface area contributed by atoms with Crippen LogP contribution in [-0.4, -0.2) is 41.8 Å². The minimum atomic E-state index is -4.97. The summed E-state index contributed by atoms with van der Waals surface area (Å²) >= 11 is 0. The Morgan fingerprint density at radius 2 is 1.61 bits per heavy atom. The number of likely N-dealkylation sites (N-methyl/N-ethyl adjacent to an activating group) is 1. The summed E-state index contributed by atoms with van der Waals surface area (Å²) in [5, 5.41) is 0. The van der Waals surface area contributed by atoms with Gasteiger partial charge in [-0.1, -0.05) is 18.2 Å². The molecule has 1 aliphatic heterocycles. The standard InChI is InChI=1S/C27H22F9N3O2/c1-38(12-11-16-5-10-23(37-15-16)26(31,32)33)22-14-21(17-3-2-4-20(13-17)41-27(34,35)36)39(24(22)40)19-8-6-18(7-9-19)25(28,29)30/h2-10,13,15,21-22H,11-12,14H2,1H3/t21-,22-/m1/s1. The van der Waals surface area contributed by atoms with Crippen LogP contribution in [0.5, 0.6) is 5.75 Å². The molecule has 0 spiro atoms. The molecule has 1 amide bonds. The molecule has 2 heterocycles. The summed E-state index contributed by atoms with van der Waals surface area (Å²) in [7, 11) is 1.59. The first-order chi connectivity index (χ1) is 19.0. The monoisotopic (exact) mass is 591 g/mol. The van der Waals surface area contributed by atoms with Gasteiger partial charge in [0.25, 0.3) is 0 Å². The second kappa shape index (κ2) is 11.2. The SMILES string of the molecule is CN(CCc1ccc(C(F)(F)F)nc1)[C@@H]1C[C@H](c2cccc(OC(F)(F)F)c2)N(c2ccc(C(F)(F)F)cc2)C1=O.